The fourth-order valence-electron chi connectivity index (χ4n) is 2.05. The number of hydrogen-bond donors (Lipinski definition) is 1. The van der Waals surface area contributed by atoms with Crippen molar-refractivity contribution in [2.24, 2.45) is 0 Å². The molecule has 68 valence electrons. The highest BCUT2D eigenvalue weighted by molar-refractivity contribution is 4.90. The van der Waals surface area contributed by atoms with E-state index in [1.807, 2.05) is 0 Å². The first-order valence-electron chi connectivity index (χ1n) is 5.12. The molecule has 2 heteroatoms. The van der Waals surface area contributed by atoms with Crippen LogP contribution >= 0.6 is 0 Å². The summed E-state index contributed by atoms with van der Waals surface area (Å²) in [5.74, 6) is 0. The highest BCUT2D eigenvalue weighted by atomic mass is 15.3. The first-order valence-corrected chi connectivity index (χ1v) is 5.12. The van der Waals surface area contributed by atoms with Gasteiger partial charge in [-0.2, -0.15) is 0 Å². The van der Waals surface area contributed by atoms with Crippen LogP contribution in [0.3, 0.4) is 0 Å². The van der Waals surface area contributed by atoms with Crippen LogP contribution in [0.1, 0.15) is 32.1 Å². The van der Waals surface area contributed by atoms with Gasteiger partial charge in [0.05, 0.1) is 6.17 Å². The Labute approximate surface area is 74.6 Å². The van der Waals surface area contributed by atoms with Crippen LogP contribution in [-0.2, 0) is 0 Å². The molecule has 0 bridgehead atoms. The van der Waals surface area contributed by atoms with Crippen LogP contribution in [0.2, 0.25) is 0 Å². The molecule has 2 aliphatic heterocycles. The molecule has 0 amide bonds. The van der Waals surface area contributed by atoms with E-state index in [4.69, 9.17) is 0 Å². The van der Waals surface area contributed by atoms with Gasteiger partial charge in [0, 0.05) is 6.54 Å². The van der Waals surface area contributed by atoms with Crippen molar-refractivity contribution in [3.05, 3.63) is 12.3 Å². The molecule has 1 unspecified atom stereocenters. The average molecular weight is 166 g/mol. The molecule has 0 aromatic heterocycles. The molecule has 0 aromatic rings. The van der Waals surface area contributed by atoms with Gasteiger partial charge in [-0.3, -0.25) is 5.32 Å². The largest absolute Gasteiger partial charge is 0.362 e. The van der Waals surface area contributed by atoms with E-state index in [1.165, 1.54) is 45.2 Å². The van der Waals surface area contributed by atoms with Crippen molar-refractivity contribution in [2.75, 3.05) is 13.1 Å². The zero-order chi connectivity index (χ0) is 8.23. The van der Waals surface area contributed by atoms with Crippen LogP contribution in [-0.4, -0.2) is 24.2 Å². The number of allylic oxidation sites excluding steroid dienone is 1. The van der Waals surface area contributed by atoms with Gasteiger partial charge in [0.1, 0.15) is 0 Å². The lowest BCUT2D eigenvalue weighted by atomic mass is 10.2. The highest BCUT2D eigenvalue weighted by Gasteiger charge is 2.20. The SMILES string of the molecule is C1=C\N2CCCC2NCCCC/1. The van der Waals surface area contributed by atoms with E-state index < -0.39 is 0 Å². The standard InChI is InChI=1S/C10H18N2/c1-2-4-8-12-9-5-6-10(12)11-7-3-1/h4,8,10-11H,1-3,5-7,9H2/b8-4-. The molecule has 0 saturated carbocycles. The van der Waals surface area contributed by atoms with Gasteiger partial charge >= 0.3 is 0 Å². The van der Waals surface area contributed by atoms with Gasteiger partial charge in [0.2, 0.25) is 0 Å². The van der Waals surface area contributed by atoms with Crippen LogP contribution in [0.15, 0.2) is 12.3 Å². The third kappa shape index (κ3) is 1.81. The Kier molecular flexibility index (Phi) is 2.67. The quantitative estimate of drug-likeness (QED) is 0.589. The van der Waals surface area contributed by atoms with Gasteiger partial charge in [-0.1, -0.05) is 6.08 Å². The van der Waals surface area contributed by atoms with Gasteiger partial charge in [0.15, 0.2) is 0 Å². The van der Waals surface area contributed by atoms with Crippen LogP contribution in [0.5, 0.6) is 0 Å². The summed E-state index contributed by atoms with van der Waals surface area (Å²) in [6.45, 7) is 2.44. The Morgan fingerprint density at radius 3 is 3.25 bits per heavy atom. The monoisotopic (exact) mass is 166 g/mol. The van der Waals surface area contributed by atoms with Crippen molar-refractivity contribution in [1.29, 1.82) is 0 Å². The van der Waals surface area contributed by atoms with Crippen molar-refractivity contribution >= 4 is 0 Å². The summed E-state index contributed by atoms with van der Waals surface area (Å²) in [7, 11) is 0. The number of nitrogens with one attached hydrogen (secondary N) is 1. The highest BCUT2D eigenvalue weighted by Crippen LogP contribution is 2.16. The fourth-order valence-corrected chi connectivity index (χ4v) is 2.05. The Bertz CT molecular complexity index is 165. The first-order chi connectivity index (χ1) is 5.97. The molecule has 1 N–H and O–H groups in total. The summed E-state index contributed by atoms with van der Waals surface area (Å²) in [6.07, 6.45) is 11.8. The van der Waals surface area contributed by atoms with E-state index in [1.54, 1.807) is 0 Å². The number of hydrogen-bond acceptors (Lipinski definition) is 2. The summed E-state index contributed by atoms with van der Waals surface area (Å²) >= 11 is 0. The lowest BCUT2D eigenvalue weighted by Gasteiger charge is -2.23. The predicted molar refractivity (Wildman–Crippen MR) is 50.7 cm³/mol. The van der Waals surface area contributed by atoms with Gasteiger partial charge in [0.25, 0.3) is 0 Å². The summed E-state index contributed by atoms with van der Waals surface area (Å²) < 4.78 is 0. The molecule has 1 atom stereocenters. The second kappa shape index (κ2) is 3.94. The normalized spacial score (nSPS) is 33.3. The molecule has 2 nitrogen and oxygen atoms in total. The molecule has 1 saturated heterocycles. The van der Waals surface area contributed by atoms with Crippen molar-refractivity contribution in [2.45, 2.75) is 38.3 Å². The zero-order valence-corrected chi connectivity index (χ0v) is 7.63. The van der Waals surface area contributed by atoms with E-state index in [0.717, 1.165) is 0 Å². The van der Waals surface area contributed by atoms with Crippen LogP contribution in [0, 0.1) is 0 Å². The average Bonchev–Trinajstić information content (AvgIpc) is 2.50. The topological polar surface area (TPSA) is 15.3 Å². The second-order valence-corrected chi connectivity index (χ2v) is 3.73. The summed E-state index contributed by atoms with van der Waals surface area (Å²) in [6, 6.07) is 0. The molecule has 1 fully saturated rings. The van der Waals surface area contributed by atoms with E-state index in [2.05, 4.69) is 22.5 Å². The predicted octanol–water partition coefficient (Wildman–Crippen LogP) is 1.70. The van der Waals surface area contributed by atoms with Crippen molar-refractivity contribution < 1.29 is 0 Å². The van der Waals surface area contributed by atoms with E-state index in [-0.39, 0.29) is 0 Å². The number of rotatable bonds is 0. The molecular formula is C10H18N2. The minimum absolute atomic E-state index is 0.638. The maximum atomic E-state index is 3.60. The molecule has 0 aromatic carbocycles. The second-order valence-electron chi connectivity index (χ2n) is 3.73. The van der Waals surface area contributed by atoms with Crippen LogP contribution < -0.4 is 5.32 Å². The lowest BCUT2D eigenvalue weighted by molar-refractivity contribution is 0.297. The van der Waals surface area contributed by atoms with E-state index >= 15 is 0 Å². The summed E-state index contributed by atoms with van der Waals surface area (Å²) in [5, 5.41) is 3.60. The summed E-state index contributed by atoms with van der Waals surface area (Å²) in [4.78, 5) is 2.45. The zero-order valence-electron chi connectivity index (χ0n) is 7.63. The third-order valence-electron chi connectivity index (χ3n) is 2.77. The van der Waals surface area contributed by atoms with E-state index in [9.17, 15) is 0 Å². The van der Waals surface area contributed by atoms with E-state index in [0.29, 0.717) is 6.17 Å². The van der Waals surface area contributed by atoms with Crippen molar-refractivity contribution in [3.63, 3.8) is 0 Å². The Balaban J connectivity index is 1.97. The maximum Gasteiger partial charge on any atom is 0.0790 e. The molecule has 0 radical (unpaired) electrons. The molecule has 2 aliphatic rings. The van der Waals surface area contributed by atoms with Crippen LogP contribution in [0.4, 0.5) is 0 Å². The molecule has 0 aliphatic carbocycles. The molecule has 0 spiro atoms. The maximum absolute atomic E-state index is 3.60. The summed E-state index contributed by atoms with van der Waals surface area (Å²) in [5.41, 5.74) is 0. The van der Waals surface area contributed by atoms with Crippen LogP contribution in [0.25, 0.3) is 0 Å². The molecule has 2 heterocycles. The Morgan fingerprint density at radius 1 is 1.25 bits per heavy atom. The minimum Gasteiger partial charge on any atom is -0.362 e. The fraction of sp³-hybridized carbons (Fsp3) is 0.800. The third-order valence-corrected chi connectivity index (χ3v) is 2.77. The van der Waals surface area contributed by atoms with Gasteiger partial charge in [-0.15, -0.1) is 0 Å². The number of nitrogens with zero attached hydrogens (tertiary/aromatic N) is 1. The van der Waals surface area contributed by atoms with Gasteiger partial charge < -0.3 is 4.90 Å². The first kappa shape index (κ1) is 8.11. The Morgan fingerprint density at radius 2 is 2.25 bits per heavy atom. The van der Waals surface area contributed by atoms with Crippen molar-refractivity contribution in [1.82, 2.24) is 10.2 Å². The molecule has 2 rings (SSSR count). The molecule has 12 heavy (non-hydrogen) atoms. The van der Waals surface area contributed by atoms with Gasteiger partial charge in [-0.05, 0) is 44.8 Å². The van der Waals surface area contributed by atoms with Crippen molar-refractivity contribution in [3.8, 4) is 0 Å². The Hall–Kier alpha value is -0.500. The molecular weight excluding hydrogens is 148 g/mol. The number of fused-ring (bicyclic) bond motifs is 1. The van der Waals surface area contributed by atoms with Gasteiger partial charge in [-0.25, -0.2) is 0 Å². The smallest absolute Gasteiger partial charge is 0.0790 e. The lowest BCUT2D eigenvalue weighted by Crippen LogP contribution is -2.38. The minimum atomic E-state index is 0.638.